The van der Waals surface area contributed by atoms with E-state index in [1.54, 1.807) is 6.07 Å². The van der Waals surface area contributed by atoms with Gasteiger partial charge in [0.05, 0.1) is 6.54 Å². The minimum Gasteiger partial charge on any atom is -0.379 e. The molecule has 0 bridgehead atoms. The zero-order chi connectivity index (χ0) is 18.8. The van der Waals surface area contributed by atoms with Crippen LogP contribution in [0.25, 0.3) is 17.2 Å². The molecule has 0 radical (unpaired) electrons. The third kappa shape index (κ3) is 3.60. The van der Waals surface area contributed by atoms with E-state index in [4.69, 9.17) is 0 Å². The fraction of sp³-hybridized carbons (Fsp3) is 0.190. The Labute approximate surface area is 156 Å². The summed E-state index contributed by atoms with van der Waals surface area (Å²) in [6.45, 7) is 4.65. The predicted octanol–water partition coefficient (Wildman–Crippen LogP) is 3.57. The van der Waals surface area contributed by atoms with Gasteiger partial charge < -0.3 is 10.3 Å². The summed E-state index contributed by atoms with van der Waals surface area (Å²) in [5, 5.41) is 7.67. The molecule has 0 fully saturated rings. The number of nitrogens with one attached hydrogen (secondary N) is 2. The normalized spacial score (nSPS) is 11.0. The largest absolute Gasteiger partial charge is 0.379 e. The molecule has 0 spiro atoms. The molecular weight excluding hydrogens is 338 g/mol. The number of fused-ring (bicyclic) bond motifs is 1. The van der Waals surface area contributed by atoms with E-state index in [-0.39, 0.29) is 5.56 Å². The zero-order valence-electron chi connectivity index (χ0n) is 15.4. The molecule has 0 unspecified atom stereocenters. The first kappa shape index (κ1) is 17.0. The molecule has 27 heavy (non-hydrogen) atoms. The second-order valence-electron chi connectivity index (χ2n) is 6.58. The highest BCUT2D eigenvalue weighted by Gasteiger charge is 2.10. The van der Waals surface area contributed by atoms with Crippen LogP contribution < -0.4 is 10.9 Å². The van der Waals surface area contributed by atoms with Gasteiger partial charge in [-0.05, 0) is 37.1 Å². The van der Waals surface area contributed by atoms with Crippen molar-refractivity contribution in [3.05, 3.63) is 81.8 Å². The van der Waals surface area contributed by atoms with Crippen LogP contribution in [0.2, 0.25) is 0 Å². The monoisotopic (exact) mass is 359 g/mol. The van der Waals surface area contributed by atoms with Crippen LogP contribution in [0.15, 0.2) is 59.4 Å². The number of H-pyrrole nitrogens is 1. The molecule has 0 atom stereocenters. The molecule has 2 N–H and O–H groups in total. The van der Waals surface area contributed by atoms with Gasteiger partial charge in [-0.1, -0.05) is 42.8 Å². The number of aryl methyl sites for hydroxylation is 2. The summed E-state index contributed by atoms with van der Waals surface area (Å²) in [5.74, 6) is 0.976. The molecule has 0 saturated carbocycles. The van der Waals surface area contributed by atoms with Crippen LogP contribution >= 0.6 is 0 Å². The molecule has 2 aromatic heterocycles. The lowest BCUT2D eigenvalue weighted by atomic mass is 10.1. The fourth-order valence-electron chi connectivity index (χ4n) is 2.99. The van der Waals surface area contributed by atoms with Crippen molar-refractivity contribution >= 4 is 11.5 Å². The van der Waals surface area contributed by atoms with Crippen molar-refractivity contribution in [2.24, 2.45) is 0 Å². The zero-order valence-corrected chi connectivity index (χ0v) is 15.4. The average molecular weight is 359 g/mol. The third-order valence-electron chi connectivity index (χ3n) is 4.51. The van der Waals surface area contributed by atoms with Crippen molar-refractivity contribution in [2.45, 2.75) is 26.8 Å². The van der Waals surface area contributed by atoms with E-state index in [9.17, 15) is 4.79 Å². The van der Waals surface area contributed by atoms with Crippen molar-refractivity contribution in [1.29, 1.82) is 0 Å². The van der Waals surface area contributed by atoms with Crippen LogP contribution in [-0.2, 0) is 13.0 Å². The number of nitrogens with zero attached hydrogens (tertiary/aromatic N) is 3. The molecule has 6 heteroatoms. The molecular formula is C21H21N5O. The van der Waals surface area contributed by atoms with Gasteiger partial charge in [-0.2, -0.15) is 9.50 Å². The summed E-state index contributed by atoms with van der Waals surface area (Å²) in [7, 11) is 0. The molecule has 0 aliphatic heterocycles. The Bertz CT molecular complexity index is 1140. The number of aromatic amines is 1. The minimum atomic E-state index is -0.201. The third-order valence-corrected chi connectivity index (χ3v) is 4.51. The summed E-state index contributed by atoms with van der Waals surface area (Å²) in [6.07, 6.45) is 1.01. The maximum atomic E-state index is 12.4. The second kappa shape index (κ2) is 7.07. The van der Waals surface area contributed by atoms with Crippen LogP contribution in [0.5, 0.6) is 0 Å². The van der Waals surface area contributed by atoms with Gasteiger partial charge in [0.15, 0.2) is 5.82 Å². The van der Waals surface area contributed by atoms with Gasteiger partial charge in [-0.3, -0.25) is 4.79 Å². The van der Waals surface area contributed by atoms with Crippen molar-refractivity contribution in [3.8, 4) is 11.4 Å². The molecule has 2 heterocycles. The van der Waals surface area contributed by atoms with E-state index in [0.29, 0.717) is 18.1 Å². The standard InChI is InChI=1S/C21H21N5O/c1-3-15-7-9-17(10-8-15)22-13-18-12-19(27)26-21(23-18)24-20(25-26)16-6-4-5-14(2)11-16/h4-12,22H,3,13H2,1-2H3,(H,23,24,25). The Morgan fingerprint density at radius 3 is 2.67 bits per heavy atom. The van der Waals surface area contributed by atoms with Gasteiger partial charge >= 0.3 is 0 Å². The van der Waals surface area contributed by atoms with Crippen LogP contribution in [0.3, 0.4) is 0 Å². The molecule has 0 amide bonds. The predicted molar refractivity (Wildman–Crippen MR) is 107 cm³/mol. The fourth-order valence-corrected chi connectivity index (χ4v) is 2.99. The number of rotatable bonds is 5. The molecule has 6 nitrogen and oxygen atoms in total. The van der Waals surface area contributed by atoms with E-state index in [1.165, 1.54) is 10.1 Å². The Balaban J connectivity index is 1.60. The first-order valence-electron chi connectivity index (χ1n) is 9.01. The van der Waals surface area contributed by atoms with Gasteiger partial charge in [0.1, 0.15) is 0 Å². The Morgan fingerprint density at radius 1 is 1.11 bits per heavy atom. The Morgan fingerprint density at radius 2 is 1.93 bits per heavy atom. The van der Waals surface area contributed by atoms with Crippen LogP contribution in [0.1, 0.15) is 23.7 Å². The van der Waals surface area contributed by atoms with Gasteiger partial charge in [0.25, 0.3) is 5.56 Å². The summed E-state index contributed by atoms with van der Waals surface area (Å²) in [5.41, 5.74) is 4.87. The van der Waals surface area contributed by atoms with E-state index in [1.807, 2.05) is 43.3 Å². The van der Waals surface area contributed by atoms with E-state index >= 15 is 0 Å². The van der Waals surface area contributed by atoms with Crippen LogP contribution in [0, 0.1) is 6.92 Å². The van der Waals surface area contributed by atoms with Crippen molar-refractivity contribution in [3.63, 3.8) is 0 Å². The summed E-state index contributed by atoms with van der Waals surface area (Å²) < 4.78 is 1.30. The van der Waals surface area contributed by atoms with E-state index < -0.39 is 0 Å². The maximum absolute atomic E-state index is 12.4. The van der Waals surface area contributed by atoms with Gasteiger partial charge in [0, 0.05) is 23.0 Å². The number of benzene rings is 2. The quantitative estimate of drug-likeness (QED) is 0.571. The molecule has 136 valence electrons. The number of hydrogen-bond acceptors (Lipinski definition) is 4. The van der Waals surface area contributed by atoms with Crippen LogP contribution in [0.4, 0.5) is 5.69 Å². The number of hydrogen-bond donors (Lipinski definition) is 2. The highest BCUT2D eigenvalue weighted by molar-refractivity contribution is 5.57. The molecule has 4 rings (SSSR count). The van der Waals surface area contributed by atoms with Crippen molar-refractivity contribution < 1.29 is 0 Å². The van der Waals surface area contributed by atoms with E-state index in [2.05, 4.69) is 39.4 Å². The smallest absolute Gasteiger partial charge is 0.275 e. The molecule has 0 saturated heterocycles. The first-order valence-corrected chi connectivity index (χ1v) is 9.01. The lowest BCUT2D eigenvalue weighted by Gasteiger charge is -2.07. The number of aromatic nitrogens is 4. The summed E-state index contributed by atoms with van der Waals surface area (Å²) >= 11 is 0. The van der Waals surface area contributed by atoms with Gasteiger partial charge in [-0.15, -0.1) is 5.10 Å². The SMILES string of the molecule is CCc1ccc(NCc2cc(=O)n3nc(-c4cccc(C)c4)nc3[nH]2)cc1. The molecule has 4 aromatic rings. The number of anilines is 1. The topological polar surface area (TPSA) is 75.1 Å². The van der Waals surface area contributed by atoms with Gasteiger partial charge in [-0.25, -0.2) is 0 Å². The van der Waals surface area contributed by atoms with E-state index in [0.717, 1.165) is 28.9 Å². The van der Waals surface area contributed by atoms with Crippen LogP contribution in [-0.4, -0.2) is 19.6 Å². The summed E-state index contributed by atoms with van der Waals surface area (Å²) in [6, 6.07) is 17.7. The Hall–Kier alpha value is -3.41. The molecule has 0 aliphatic carbocycles. The highest BCUT2D eigenvalue weighted by atomic mass is 16.1. The molecule has 2 aromatic carbocycles. The summed E-state index contributed by atoms with van der Waals surface area (Å²) in [4.78, 5) is 20.1. The highest BCUT2D eigenvalue weighted by Crippen LogP contribution is 2.16. The van der Waals surface area contributed by atoms with Gasteiger partial charge in [0.2, 0.25) is 5.78 Å². The second-order valence-corrected chi connectivity index (χ2v) is 6.58. The lowest BCUT2D eigenvalue weighted by Crippen LogP contribution is -2.17. The first-order chi connectivity index (χ1) is 13.1. The van der Waals surface area contributed by atoms with Crippen molar-refractivity contribution in [1.82, 2.24) is 19.6 Å². The molecule has 0 aliphatic rings. The van der Waals surface area contributed by atoms with Crippen molar-refractivity contribution in [2.75, 3.05) is 5.32 Å². The Kier molecular flexibility index (Phi) is 4.46. The average Bonchev–Trinajstić information content (AvgIpc) is 3.12. The maximum Gasteiger partial charge on any atom is 0.275 e. The minimum absolute atomic E-state index is 0.201. The lowest BCUT2D eigenvalue weighted by molar-refractivity contribution is 0.879.